The summed E-state index contributed by atoms with van der Waals surface area (Å²) in [6.07, 6.45) is 0.969. The van der Waals surface area contributed by atoms with Crippen molar-refractivity contribution >= 4 is 22.7 Å². The molecule has 0 aliphatic rings. The van der Waals surface area contributed by atoms with Gasteiger partial charge in [-0.2, -0.15) is 4.98 Å². The third kappa shape index (κ3) is 2.83. The first-order valence-corrected chi connectivity index (χ1v) is 9.02. The van der Waals surface area contributed by atoms with E-state index in [0.717, 1.165) is 33.1 Å². The van der Waals surface area contributed by atoms with E-state index < -0.39 is 0 Å². The Hall–Kier alpha value is -2.31. The maximum atomic E-state index is 5.33. The summed E-state index contributed by atoms with van der Waals surface area (Å²) in [5.41, 5.74) is 3.06. The third-order valence-electron chi connectivity index (χ3n) is 3.45. The second-order valence-electron chi connectivity index (χ2n) is 4.96. The van der Waals surface area contributed by atoms with Crippen molar-refractivity contribution in [3.8, 4) is 33.4 Å². The quantitative estimate of drug-likeness (QED) is 0.516. The summed E-state index contributed by atoms with van der Waals surface area (Å²) < 4.78 is 5.33. The molecule has 0 aliphatic heterocycles. The molecule has 3 aromatic heterocycles. The Labute approximate surface area is 141 Å². The van der Waals surface area contributed by atoms with Gasteiger partial charge in [-0.1, -0.05) is 42.4 Å². The van der Waals surface area contributed by atoms with Gasteiger partial charge >= 0.3 is 0 Å². The Morgan fingerprint density at radius 2 is 1.83 bits per heavy atom. The van der Waals surface area contributed by atoms with Crippen molar-refractivity contribution in [2.24, 2.45) is 0 Å². The van der Waals surface area contributed by atoms with E-state index >= 15 is 0 Å². The van der Waals surface area contributed by atoms with Crippen LogP contribution in [0.15, 0.2) is 51.7 Å². The molecule has 0 amide bonds. The zero-order valence-corrected chi connectivity index (χ0v) is 14.0. The molecular formula is C17H13N3OS2. The number of hydrogen-bond acceptors (Lipinski definition) is 6. The summed E-state index contributed by atoms with van der Waals surface area (Å²) in [6, 6.07) is 12.0. The number of thiophene rings is 1. The summed E-state index contributed by atoms with van der Waals surface area (Å²) in [6.45, 7) is 2.12. The maximum absolute atomic E-state index is 5.33. The van der Waals surface area contributed by atoms with Crippen LogP contribution in [0.25, 0.3) is 33.4 Å². The lowest BCUT2D eigenvalue weighted by Crippen LogP contribution is -1.83. The first-order chi connectivity index (χ1) is 11.3. The summed E-state index contributed by atoms with van der Waals surface area (Å²) >= 11 is 3.28. The van der Waals surface area contributed by atoms with Crippen LogP contribution in [0.4, 0.5) is 0 Å². The highest BCUT2D eigenvalue weighted by molar-refractivity contribution is 7.13. The fraction of sp³-hybridized carbons (Fsp3) is 0.118. The molecule has 0 fully saturated rings. The number of benzene rings is 1. The van der Waals surface area contributed by atoms with E-state index in [9.17, 15) is 0 Å². The summed E-state index contributed by atoms with van der Waals surface area (Å²) in [5, 5.41) is 9.31. The molecule has 0 N–H and O–H groups in total. The fourth-order valence-electron chi connectivity index (χ4n) is 2.24. The second-order valence-corrected chi connectivity index (χ2v) is 6.85. The normalized spacial score (nSPS) is 11.0. The molecule has 0 bridgehead atoms. The molecular weight excluding hydrogens is 326 g/mol. The van der Waals surface area contributed by atoms with Gasteiger partial charge in [0.25, 0.3) is 5.89 Å². The highest BCUT2D eigenvalue weighted by atomic mass is 32.1. The predicted octanol–water partition coefficient (Wildman–Crippen LogP) is 5.15. The molecule has 1 aromatic carbocycles. The van der Waals surface area contributed by atoms with Gasteiger partial charge in [0, 0.05) is 16.5 Å². The summed E-state index contributed by atoms with van der Waals surface area (Å²) in [4.78, 5) is 10.1. The van der Waals surface area contributed by atoms with Crippen molar-refractivity contribution in [3.05, 3.63) is 52.2 Å². The van der Waals surface area contributed by atoms with Crippen LogP contribution in [0.1, 0.15) is 11.9 Å². The maximum Gasteiger partial charge on any atom is 0.268 e. The minimum atomic E-state index is 0.561. The number of hydrogen-bond donors (Lipinski definition) is 0. The zero-order valence-electron chi connectivity index (χ0n) is 12.4. The van der Waals surface area contributed by atoms with Gasteiger partial charge in [0.15, 0.2) is 0 Å². The first kappa shape index (κ1) is 14.3. The van der Waals surface area contributed by atoms with Crippen molar-refractivity contribution in [3.63, 3.8) is 0 Å². The Morgan fingerprint density at radius 3 is 2.52 bits per heavy atom. The lowest BCUT2D eigenvalue weighted by Gasteiger charge is -1.98. The standard InChI is InChI=1S/C17H13N3OS2/c1-2-15-18-13(10-23-15)11-5-7-12(8-6-11)16-19-17(21-20-16)14-4-3-9-22-14/h3-10H,2H2,1H3. The molecule has 23 heavy (non-hydrogen) atoms. The van der Waals surface area contributed by atoms with Gasteiger partial charge in [0.2, 0.25) is 5.82 Å². The van der Waals surface area contributed by atoms with Crippen LogP contribution in [-0.2, 0) is 6.42 Å². The number of nitrogens with zero attached hydrogens (tertiary/aromatic N) is 3. The van der Waals surface area contributed by atoms with Gasteiger partial charge in [-0.15, -0.1) is 22.7 Å². The van der Waals surface area contributed by atoms with E-state index in [1.165, 1.54) is 0 Å². The summed E-state index contributed by atoms with van der Waals surface area (Å²) in [5.74, 6) is 1.17. The molecule has 0 spiro atoms. The van der Waals surface area contributed by atoms with E-state index in [1.807, 2.05) is 41.8 Å². The van der Waals surface area contributed by atoms with Crippen LogP contribution in [0.3, 0.4) is 0 Å². The predicted molar refractivity (Wildman–Crippen MR) is 93.5 cm³/mol. The molecule has 0 saturated carbocycles. The largest absolute Gasteiger partial charge is 0.333 e. The van der Waals surface area contributed by atoms with E-state index in [2.05, 4.69) is 27.4 Å². The molecule has 0 unspecified atom stereocenters. The van der Waals surface area contributed by atoms with Gasteiger partial charge < -0.3 is 4.52 Å². The van der Waals surface area contributed by atoms with Crippen molar-refractivity contribution in [2.45, 2.75) is 13.3 Å². The lowest BCUT2D eigenvalue weighted by molar-refractivity contribution is 0.433. The van der Waals surface area contributed by atoms with Gasteiger partial charge in [0.1, 0.15) is 0 Å². The van der Waals surface area contributed by atoms with Crippen LogP contribution in [0.2, 0.25) is 0 Å². The average Bonchev–Trinajstić information content (AvgIpc) is 3.34. The molecule has 4 aromatic rings. The van der Waals surface area contributed by atoms with Crippen molar-refractivity contribution in [1.82, 2.24) is 15.1 Å². The van der Waals surface area contributed by atoms with E-state index in [4.69, 9.17) is 4.52 Å². The minimum absolute atomic E-state index is 0.561. The van der Waals surface area contributed by atoms with Crippen molar-refractivity contribution in [1.29, 1.82) is 0 Å². The Bertz CT molecular complexity index is 908. The van der Waals surface area contributed by atoms with Crippen LogP contribution in [0.5, 0.6) is 0 Å². The van der Waals surface area contributed by atoms with E-state index in [1.54, 1.807) is 22.7 Å². The molecule has 4 rings (SSSR count). The SMILES string of the molecule is CCc1nc(-c2ccc(-c3noc(-c4cccs4)n3)cc2)cs1. The second kappa shape index (κ2) is 6.06. The highest BCUT2D eigenvalue weighted by Crippen LogP contribution is 2.28. The molecule has 0 radical (unpaired) electrons. The molecule has 3 heterocycles. The van der Waals surface area contributed by atoms with Crippen molar-refractivity contribution < 1.29 is 4.52 Å². The fourth-order valence-corrected chi connectivity index (χ4v) is 3.64. The van der Waals surface area contributed by atoms with Gasteiger partial charge in [0.05, 0.1) is 15.6 Å². The van der Waals surface area contributed by atoms with Crippen LogP contribution >= 0.6 is 22.7 Å². The highest BCUT2D eigenvalue weighted by Gasteiger charge is 2.11. The topological polar surface area (TPSA) is 51.8 Å². The van der Waals surface area contributed by atoms with Crippen LogP contribution < -0.4 is 0 Å². The van der Waals surface area contributed by atoms with E-state index in [-0.39, 0.29) is 0 Å². The number of thiazole rings is 1. The number of rotatable bonds is 4. The first-order valence-electron chi connectivity index (χ1n) is 7.26. The zero-order chi connectivity index (χ0) is 15.6. The smallest absolute Gasteiger partial charge is 0.268 e. The van der Waals surface area contributed by atoms with Crippen LogP contribution in [0, 0.1) is 0 Å². The average molecular weight is 339 g/mol. The Balaban J connectivity index is 1.61. The molecule has 6 heteroatoms. The molecule has 0 saturated heterocycles. The monoisotopic (exact) mass is 339 g/mol. The van der Waals surface area contributed by atoms with Gasteiger partial charge in [-0.25, -0.2) is 4.98 Å². The Kier molecular flexibility index (Phi) is 3.77. The van der Waals surface area contributed by atoms with E-state index in [0.29, 0.717) is 11.7 Å². The Morgan fingerprint density at radius 1 is 1.00 bits per heavy atom. The molecule has 4 nitrogen and oxygen atoms in total. The summed E-state index contributed by atoms with van der Waals surface area (Å²) in [7, 11) is 0. The minimum Gasteiger partial charge on any atom is -0.333 e. The van der Waals surface area contributed by atoms with Crippen LogP contribution in [-0.4, -0.2) is 15.1 Å². The molecule has 0 atom stereocenters. The molecule has 0 aliphatic carbocycles. The van der Waals surface area contributed by atoms with Gasteiger partial charge in [-0.05, 0) is 17.9 Å². The van der Waals surface area contributed by atoms with Crippen molar-refractivity contribution in [2.75, 3.05) is 0 Å². The van der Waals surface area contributed by atoms with Gasteiger partial charge in [-0.3, -0.25) is 0 Å². The number of aromatic nitrogens is 3. The number of aryl methyl sites for hydroxylation is 1. The molecule has 114 valence electrons. The third-order valence-corrected chi connectivity index (χ3v) is 5.30. The lowest BCUT2D eigenvalue weighted by atomic mass is 10.1.